The number of hydrogen-bond donors (Lipinski definition) is 2. The summed E-state index contributed by atoms with van der Waals surface area (Å²) in [6, 6.07) is 13.4. The minimum Gasteiger partial charge on any atom is -0.465 e. The van der Waals surface area contributed by atoms with Crippen LogP contribution in [-0.2, 0) is 4.74 Å². The summed E-state index contributed by atoms with van der Waals surface area (Å²) in [4.78, 5) is 15.5. The Bertz CT molecular complexity index is 952. The van der Waals surface area contributed by atoms with Gasteiger partial charge in [0.25, 0.3) is 0 Å². The van der Waals surface area contributed by atoms with Crippen molar-refractivity contribution in [1.29, 1.82) is 0 Å². The number of anilines is 4. The van der Waals surface area contributed by atoms with Gasteiger partial charge in [0.1, 0.15) is 5.76 Å². The molecule has 1 aromatic carbocycles. The quantitative estimate of drug-likeness (QED) is 0.468. The second kappa shape index (κ2) is 9.47. The molecule has 1 fully saturated rings. The van der Waals surface area contributed by atoms with Crippen molar-refractivity contribution in [3.8, 4) is 0 Å². The van der Waals surface area contributed by atoms with Crippen molar-refractivity contribution in [3.05, 3.63) is 60.6 Å². The third-order valence-electron chi connectivity index (χ3n) is 4.08. The summed E-state index contributed by atoms with van der Waals surface area (Å²) in [5.74, 6) is 2.12. The lowest BCUT2D eigenvalue weighted by Crippen LogP contribution is -2.37. The van der Waals surface area contributed by atoms with Crippen LogP contribution in [0.5, 0.6) is 0 Å². The molecule has 1 aliphatic rings. The van der Waals surface area contributed by atoms with Crippen LogP contribution in [0.1, 0.15) is 5.76 Å². The lowest BCUT2D eigenvalue weighted by atomic mass is 10.3. The van der Waals surface area contributed by atoms with Gasteiger partial charge in [0.2, 0.25) is 17.8 Å². The average molecular weight is 391 g/mol. The third-order valence-corrected chi connectivity index (χ3v) is 4.08. The number of nitrogens with zero attached hydrogens (tertiary/aromatic N) is 5. The zero-order chi connectivity index (χ0) is 19.7. The lowest BCUT2D eigenvalue weighted by molar-refractivity contribution is 0.122. The summed E-state index contributed by atoms with van der Waals surface area (Å²) < 4.78 is 10.6. The molecular formula is C20H21N7O2. The Hall–Kier alpha value is -3.72. The fraction of sp³-hybridized carbons (Fsp3) is 0.200. The van der Waals surface area contributed by atoms with Crippen molar-refractivity contribution >= 4 is 35.8 Å². The molecule has 0 bridgehead atoms. The van der Waals surface area contributed by atoms with E-state index >= 15 is 0 Å². The number of ether oxygens (including phenoxy) is 1. The first-order valence-corrected chi connectivity index (χ1v) is 9.27. The highest BCUT2D eigenvalue weighted by Crippen LogP contribution is 2.18. The average Bonchev–Trinajstić information content (AvgIpc) is 3.28. The zero-order valence-electron chi connectivity index (χ0n) is 15.7. The van der Waals surface area contributed by atoms with Crippen molar-refractivity contribution in [2.75, 3.05) is 41.9 Å². The Morgan fingerprint density at radius 3 is 2.59 bits per heavy atom. The molecule has 9 heteroatoms. The van der Waals surface area contributed by atoms with Gasteiger partial charge in [-0.1, -0.05) is 18.2 Å². The van der Waals surface area contributed by atoms with Crippen LogP contribution in [0.3, 0.4) is 0 Å². The van der Waals surface area contributed by atoms with Crippen LogP contribution in [0.4, 0.5) is 23.5 Å². The van der Waals surface area contributed by atoms with Crippen LogP contribution in [-0.4, -0.2) is 47.5 Å². The highest BCUT2D eigenvalue weighted by atomic mass is 16.5. The van der Waals surface area contributed by atoms with E-state index in [1.807, 2.05) is 42.5 Å². The third kappa shape index (κ3) is 5.39. The summed E-state index contributed by atoms with van der Waals surface area (Å²) in [6.45, 7) is 2.74. The number of nitrogens with one attached hydrogen (secondary N) is 2. The van der Waals surface area contributed by atoms with Crippen molar-refractivity contribution in [1.82, 2.24) is 15.0 Å². The molecule has 0 unspecified atom stereocenters. The first-order valence-electron chi connectivity index (χ1n) is 9.27. The molecule has 2 N–H and O–H groups in total. The van der Waals surface area contributed by atoms with E-state index in [4.69, 9.17) is 9.15 Å². The molecule has 148 valence electrons. The van der Waals surface area contributed by atoms with Crippen LogP contribution < -0.4 is 15.6 Å². The Morgan fingerprint density at radius 2 is 1.79 bits per heavy atom. The van der Waals surface area contributed by atoms with E-state index in [1.54, 1.807) is 24.6 Å². The van der Waals surface area contributed by atoms with E-state index in [1.165, 1.54) is 0 Å². The van der Waals surface area contributed by atoms with E-state index in [9.17, 15) is 0 Å². The number of allylic oxidation sites excluding steroid dienone is 1. The maximum atomic E-state index is 5.42. The van der Waals surface area contributed by atoms with Crippen LogP contribution >= 0.6 is 0 Å². The molecule has 3 aromatic rings. The van der Waals surface area contributed by atoms with E-state index in [0.717, 1.165) is 24.5 Å². The predicted octanol–water partition coefficient (Wildman–Crippen LogP) is 3.16. The number of aromatic nitrogens is 3. The smallest absolute Gasteiger partial charge is 0.250 e. The molecule has 0 amide bonds. The van der Waals surface area contributed by atoms with Gasteiger partial charge in [0, 0.05) is 25.0 Å². The van der Waals surface area contributed by atoms with Crippen LogP contribution in [0, 0.1) is 0 Å². The Labute approximate surface area is 168 Å². The maximum absolute atomic E-state index is 5.42. The number of para-hydroxylation sites is 1. The summed E-state index contributed by atoms with van der Waals surface area (Å²) in [5, 5.41) is 7.35. The topological polar surface area (TPSA) is 101 Å². The van der Waals surface area contributed by atoms with Gasteiger partial charge in [-0.2, -0.15) is 20.1 Å². The molecule has 1 aliphatic heterocycles. The zero-order valence-corrected chi connectivity index (χ0v) is 15.7. The van der Waals surface area contributed by atoms with Gasteiger partial charge in [-0.25, -0.2) is 5.43 Å². The first kappa shape index (κ1) is 18.6. The molecule has 2 aromatic heterocycles. The first-order chi connectivity index (χ1) is 14.4. The van der Waals surface area contributed by atoms with Gasteiger partial charge < -0.3 is 19.4 Å². The molecule has 0 atom stereocenters. The fourth-order valence-electron chi connectivity index (χ4n) is 2.69. The van der Waals surface area contributed by atoms with Gasteiger partial charge in [0.15, 0.2) is 0 Å². The normalized spacial score (nSPS) is 14.6. The van der Waals surface area contributed by atoms with Gasteiger partial charge >= 0.3 is 0 Å². The predicted molar refractivity (Wildman–Crippen MR) is 112 cm³/mol. The maximum Gasteiger partial charge on any atom is 0.250 e. The number of furan rings is 1. The number of hydrogen-bond acceptors (Lipinski definition) is 9. The van der Waals surface area contributed by atoms with Crippen LogP contribution in [0.2, 0.25) is 0 Å². The number of morpholine rings is 1. The highest BCUT2D eigenvalue weighted by Gasteiger charge is 2.16. The van der Waals surface area contributed by atoms with Crippen molar-refractivity contribution in [2.45, 2.75) is 0 Å². The van der Waals surface area contributed by atoms with Gasteiger partial charge in [-0.15, -0.1) is 0 Å². The summed E-state index contributed by atoms with van der Waals surface area (Å²) in [7, 11) is 0. The van der Waals surface area contributed by atoms with E-state index in [-0.39, 0.29) is 0 Å². The standard InChI is InChI=1S/C20H21N7O2/c1-2-6-16(7-3-1)22-18-23-19(25-20(24-18)27-11-14-28-15-12-27)26-21-10-4-8-17-9-5-13-29-17/h1-10,13H,11-12,14-15H2,(H2,22,23,24,25,26)/b8-4+,21-10?. The molecule has 29 heavy (non-hydrogen) atoms. The Kier molecular flexibility index (Phi) is 6.08. The molecule has 0 saturated carbocycles. The second-order valence-corrected chi connectivity index (χ2v) is 6.14. The number of hydrazone groups is 1. The van der Waals surface area contributed by atoms with Gasteiger partial charge in [-0.3, -0.25) is 0 Å². The molecule has 1 saturated heterocycles. The molecule has 9 nitrogen and oxygen atoms in total. The number of benzene rings is 1. The minimum atomic E-state index is 0.350. The van der Waals surface area contributed by atoms with Crippen LogP contribution in [0.15, 0.2) is 64.3 Å². The van der Waals surface area contributed by atoms with Gasteiger partial charge in [0.05, 0.1) is 19.5 Å². The van der Waals surface area contributed by atoms with Crippen molar-refractivity contribution in [3.63, 3.8) is 0 Å². The van der Waals surface area contributed by atoms with E-state index in [2.05, 4.69) is 35.7 Å². The van der Waals surface area contributed by atoms with E-state index < -0.39 is 0 Å². The van der Waals surface area contributed by atoms with Crippen molar-refractivity contribution in [2.24, 2.45) is 5.10 Å². The largest absolute Gasteiger partial charge is 0.465 e. The number of rotatable bonds is 7. The molecule has 0 radical (unpaired) electrons. The Balaban J connectivity index is 1.50. The molecule has 4 rings (SSSR count). The van der Waals surface area contributed by atoms with Crippen molar-refractivity contribution < 1.29 is 9.15 Å². The molecular weight excluding hydrogens is 370 g/mol. The van der Waals surface area contributed by atoms with Gasteiger partial charge in [-0.05, 0) is 36.4 Å². The SMILES string of the molecule is C(/C=C/c1ccco1)=NNc1nc(Nc2ccccc2)nc(N2CCOCC2)n1. The molecule has 0 spiro atoms. The Morgan fingerprint density at radius 1 is 0.966 bits per heavy atom. The fourth-order valence-corrected chi connectivity index (χ4v) is 2.69. The minimum absolute atomic E-state index is 0.350. The highest BCUT2D eigenvalue weighted by molar-refractivity contribution is 5.77. The monoisotopic (exact) mass is 391 g/mol. The summed E-state index contributed by atoms with van der Waals surface area (Å²) >= 11 is 0. The lowest BCUT2D eigenvalue weighted by Gasteiger charge is -2.27. The molecule has 0 aliphatic carbocycles. The summed E-state index contributed by atoms with van der Waals surface area (Å²) in [6.07, 6.45) is 6.79. The molecule has 3 heterocycles. The van der Waals surface area contributed by atoms with Crippen LogP contribution in [0.25, 0.3) is 6.08 Å². The van der Waals surface area contributed by atoms with E-state index in [0.29, 0.717) is 31.1 Å². The second-order valence-electron chi connectivity index (χ2n) is 6.14. The summed E-state index contributed by atoms with van der Waals surface area (Å²) in [5.41, 5.74) is 3.75.